The Hall–Kier alpha value is -4.30. The van der Waals surface area contributed by atoms with E-state index in [1.165, 1.54) is 16.9 Å². The van der Waals surface area contributed by atoms with Crippen molar-refractivity contribution in [1.29, 1.82) is 0 Å². The molecule has 2 heterocycles. The summed E-state index contributed by atoms with van der Waals surface area (Å²) in [6, 6.07) is 27.0. The van der Waals surface area contributed by atoms with E-state index in [9.17, 15) is 4.79 Å². The Morgan fingerprint density at radius 3 is 2.49 bits per heavy atom. The minimum absolute atomic E-state index is 0.0797. The lowest BCUT2D eigenvalue weighted by molar-refractivity contribution is 0.306. The second-order valence-electron chi connectivity index (χ2n) is 10.8. The maximum atomic E-state index is 14.1. The van der Waals surface area contributed by atoms with Gasteiger partial charge >= 0.3 is 0 Å². The fourth-order valence-electron chi connectivity index (χ4n) is 5.95. The molecule has 0 saturated carbocycles. The quantitative estimate of drug-likeness (QED) is 0.186. The van der Waals surface area contributed by atoms with Crippen molar-refractivity contribution >= 4 is 46.3 Å². The molecule has 2 aliphatic rings. The van der Waals surface area contributed by atoms with E-state index in [1.807, 2.05) is 65.2 Å². The van der Waals surface area contributed by atoms with Gasteiger partial charge in [-0.1, -0.05) is 83.1 Å². The number of hydrogen-bond donors (Lipinski definition) is 0. The standard InChI is InChI=1S/C36H28Cl2N2O4S/c1-42-30-16-11-24(19-31(30)43-2)34-27-14-10-23-5-3-4-6-26(23)33(27)39-36-40(34)35(41)32(45-36)18-21-7-12-25(13-8-21)44-20-22-9-15-28(37)29(38)17-22/h3-9,11-13,15-19,34H,10,14,20H2,1-2H3/b32-18-/t34-/m1/s1. The Kier molecular flexibility index (Phi) is 8.00. The molecule has 0 radical (unpaired) electrons. The van der Waals surface area contributed by atoms with E-state index in [4.69, 9.17) is 42.4 Å². The first kappa shape index (κ1) is 29.4. The number of aryl methyl sites for hydroxylation is 1. The monoisotopic (exact) mass is 654 g/mol. The number of ether oxygens (including phenoxy) is 3. The number of hydrogen-bond acceptors (Lipinski definition) is 6. The van der Waals surface area contributed by atoms with Gasteiger partial charge in [0.1, 0.15) is 12.4 Å². The highest BCUT2D eigenvalue weighted by atomic mass is 35.5. The number of benzene rings is 4. The molecule has 4 aromatic carbocycles. The van der Waals surface area contributed by atoms with Crippen LogP contribution in [0.5, 0.6) is 17.2 Å². The molecule has 45 heavy (non-hydrogen) atoms. The number of methoxy groups -OCH3 is 2. The van der Waals surface area contributed by atoms with Crippen molar-refractivity contribution in [3.05, 3.63) is 148 Å². The van der Waals surface area contributed by atoms with Gasteiger partial charge in [-0.25, -0.2) is 4.99 Å². The predicted octanol–water partition coefficient (Wildman–Crippen LogP) is 7.22. The highest BCUT2D eigenvalue weighted by molar-refractivity contribution is 7.07. The van der Waals surface area contributed by atoms with Crippen molar-refractivity contribution in [1.82, 2.24) is 4.57 Å². The van der Waals surface area contributed by atoms with Crippen molar-refractivity contribution in [2.75, 3.05) is 14.2 Å². The Balaban J connectivity index is 1.27. The lowest BCUT2D eigenvalue weighted by Crippen LogP contribution is -2.38. The van der Waals surface area contributed by atoms with Gasteiger partial charge in [0.2, 0.25) is 0 Å². The first-order chi connectivity index (χ1) is 21.9. The summed E-state index contributed by atoms with van der Waals surface area (Å²) in [7, 11) is 3.24. The van der Waals surface area contributed by atoms with Crippen molar-refractivity contribution in [3.63, 3.8) is 0 Å². The molecule has 1 atom stereocenters. The second-order valence-corrected chi connectivity index (χ2v) is 12.7. The Morgan fingerprint density at radius 1 is 0.911 bits per heavy atom. The van der Waals surface area contributed by atoms with Gasteiger partial charge in [-0.05, 0) is 83.1 Å². The lowest BCUT2D eigenvalue weighted by atomic mass is 9.83. The molecule has 0 saturated heterocycles. The highest BCUT2D eigenvalue weighted by Crippen LogP contribution is 2.42. The normalized spacial score (nSPS) is 15.6. The Morgan fingerprint density at radius 2 is 1.71 bits per heavy atom. The minimum atomic E-state index is -0.316. The van der Waals surface area contributed by atoms with Crippen LogP contribution in [0.4, 0.5) is 0 Å². The maximum absolute atomic E-state index is 14.1. The molecule has 6 nitrogen and oxygen atoms in total. The van der Waals surface area contributed by atoms with E-state index in [2.05, 4.69) is 18.2 Å². The van der Waals surface area contributed by atoms with Gasteiger partial charge in [0.05, 0.1) is 40.5 Å². The first-order valence-electron chi connectivity index (χ1n) is 14.5. The number of aromatic nitrogens is 1. The third-order valence-corrected chi connectivity index (χ3v) is 9.89. The average molecular weight is 656 g/mol. The summed E-state index contributed by atoms with van der Waals surface area (Å²) >= 11 is 13.6. The number of allylic oxidation sites excluding steroid dienone is 1. The van der Waals surface area contributed by atoms with Crippen molar-refractivity contribution in [2.24, 2.45) is 4.99 Å². The van der Waals surface area contributed by atoms with Crippen LogP contribution in [0.3, 0.4) is 0 Å². The van der Waals surface area contributed by atoms with Crippen molar-refractivity contribution < 1.29 is 14.2 Å². The summed E-state index contributed by atoms with van der Waals surface area (Å²) in [5, 5.41) is 1.00. The number of rotatable bonds is 7. The van der Waals surface area contributed by atoms with Crippen LogP contribution < -0.4 is 29.1 Å². The first-order valence-corrected chi connectivity index (χ1v) is 16.0. The number of thiazole rings is 1. The minimum Gasteiger partial charge on any atom is -0.493 e. The molecule has 1 aliphatic carbocycles. The Bertz CT molecular complexity index is 2150. The second kappa shape index (κ2) is 12.2. The van der Waals surface area contributed by atoms with Crippen LogP contribution in [-0.4, -0.2) is 18.8 Å². The van der Waals surface area contributed by atoms with Crippen LogP contribution in [0.25, 0.3) is 11.8 Å². The molecule has 0 N–H and O–H groups in total. The van der Waals surface area contributed by atoms with Gasteiger partial charge in [0.25, 0.3) is 5.56 Å². The molecule has 1 aromatic heterocycles. The van der Waals surface area contributed by atoms with Crippen molar-refractivity contribution in [3.8, 4) is 17.2 Å². The van der Waals surface area contributed by atoms with Gasteiger partial charge < -0.3 is 14.2 Å². The summed E-state index contributed by atoms with van der Waals surface area (Å²) in [4.78, 5) is 19.9. The molecular formula is C36H28Cl2N2O4S. The van der Waals surface area contributed by atoms with Gasteiger partial charge in [0.15, 0.2) is 16.3 Å². The topological polar surface area (TPSA) is 62.0 Å². The molecule has 7 rings (SSSR count). The van der Waals surface area contributed by atoms with Crippen molar-refractivity contribution in [2.45, 2.75) is 25.5 Å². The van der Waals surface area contributed by atoms with Crippen LogP contribution >= 0.6 is 34.5 Å². The Labute approximate surface area is 274 Å². The zero-order valence-corrected chi connectivity index (χ0v) is 26.9. The van der Waals surface area contributed by atoms with E-state index in [-0.39, 0.29) is 11.6 Å². The molecule has 0 unspecified atom stereocenters. The molecule has 9 heteroatoms. The zero-order valence-electron chi connectivity index (χ0n) is 24.6. The molecule has 0 fully saturated rings. The van der Waals surface area contributed by atoms with Crippen LogP contribution in [-0.2, 0) is 13.0 Å². The third-order valence-electron chi connectivity index (χ3n) is 8.16. The molecule has 226 valence electrons. The van der Waals surface area contributed by atoms with Crippen LogP contribution in [0.1, 0.15) is 40.3 Å². The number of nitrogens with zero attached hydrogens (tertiary/aromatic N) is 2. The zero-order chi connectivity index (χ0) is 31.1. The van der Waals surface area contributed by atoms with E-state index < -0.39 is 0 Å². The van der Waals surface area contributed by atoms with Gasteiger partial charge in [-0.2, -0.15) is 0 Å². The molecule has 0 bridgehead atoms. The molecule has 0 amide bonds. The average Bonchev–Trinajstić information content (AvgIpc) is 3.38. The van der Waals surface area contributed by atoms with Gasteiger partial charge in [-0.15, -0.1) is 0 Å². The molecule has 5 aromatic rings. The fraction of sp³-hybridized carbons (Fsp3) is 0.167. The molecule has 0 spiro atoms. The summed E-state index contributed by atoms with van der Waals surface area (Å²) in [6.07, 6.45) is 3.61. The lowest BCUT2D eigenvalue weighted by Gasteiger charge is -2.31. The molecular weight excluding hydrogens is 627 g/mol. The summed E-state index contributed by atoms with van der Waals surface area (Å²) < 4.78 is 19.5. The number of fused-ring (bicyclic) bond motifs is 3. The van der Waals surface area contributed by atoms with E-state index in [0.29, 0.717) is 43.2 Å². The predicted molar refractivity (Wildman–Crippen MR) is 180 cm³/mol. The fourth-order valence-corrected chi connectivity index (χ4v) is 7.27. The van der Waals surface area contributed by atoms with Crippen LogP contribution in [0.2, 0.25) is 10.0 Å². The van der Waals surface area contributed by atoms with Gasteiger partial charge in [0, 0.05) is 5.56 Å². The highest BCUT2D eigenvalue weighted by Gasteiger charge is 2.33. The largest absolute Gasteiger partial charge is 0.493 e. The summed E-state index contributed by atoms with van der Waals surface area (Å²) in [5.74, 6) is 1.97. The SMILES string of the molecule is COc1ccc([C@@H]2C3=C(N=c4s/c(=C\c5ccc(OCc6ccc(Cl)c(Cl)c6)cc5)c(=O)n42)c2ccccc2CC3)cc1OC. The van der Waals surface area contributed by atoms with Crippen LogP contribution in [0.15, 0.2) is 100 Å². The van der Waals surface area contributed by atoms with Crippen LogP contribution in [0, 0.1) is 0 Å². The van der Waals surface area contributed by atoms with Gasteiger partial charge in [-0.3, -0.25) is 9.36 Å². The van der Waals surface area contributed by atoms with E-state index in [0.717, 1.165) is 46.4 Å². The summed E-state index contributed by atoms with van der Waals surface area (Å²) in [5.41, 5.74) is 7.15. The van der Waals surface area contributed by atoms with E-state index >= 15 is 0 Å². The number of halogens is 2. The summed E-state index contributed by atoms with van der Waals surface area (Å²) in [6.45, 7) is 0.360. The molecule has 1 aliphatic heterocycles. The smallest absolute Gasteiger partial charge is 0.271 e. The maximum Gasteiger partial charge on any atom is 0.271 e. The third kappa shape index (κ3) is 5.56. The van der Waals surface area contributed by atoms with E-state index in [1.54, 1.807) is 26.4 Å².